The molecule has 0 aliphatic carbocycles. The minimum atomic E-state index is -0.643. The van der Waals surface area contributed by atoms with Gasteiger partial charge in [0.25, 0.3) is 5.91 Å². The predicted octanol–water partition coefficient (Wildman–Crippen LogP) is -0.293. The Morgan fingerprint density at radius 2 is 1.96 bits per heavy atom. The summed E-state index contributed by atoms with van der Waals surface area (Å²) >= 11 is 0. The van der Waals surface area contributed by atoms with Crippen molar-refractivity contribution in [3.05, 3.63) is 54.9 Å². The van der Waals surface area contributed by atoms with Crippen molar-refractivity contribution in [1.82, 2.24) is 9.55 Å². The smallest absolute Gasteiger partial charge is 0.508 e. The Morgan fingerprint density at radius 3 is 2.52 bits per heavy atom. The number of pyridine rings is 1. The summed E-state index contributed by atoms with van der Waals surface area (Å²) in [6, 6.07) is 3.41. The summed E-state index contributed by atoms with van der Waals surface area (Å²) in [7, 11) is 1.74. The zero-order chi connectivity index (χ0) is 18.5. The van der Waals surface area contributed by atoms with E-state index in [1.807, 2.05) is 6.92 Å². The Kier molecular flexibility index (Phi) is 7.37. The van der Waals surface area contributed by atoms with E-state index < -0.39 is 5.91 Å². The maximum Gasteiger partial charge on any atom is 1.00 e. The zero-order valence-corrected chi connectivity index (χ0v) is 19.5. The second-order valence-corrected chi connectivity index (χ2v) is 5.93. The SMILES string of the molecule is [CH2-]c1c(NC)ncc2c(C(N)=O)c(N)n(-c3c(C)ccc(O)c3C)c12.[CH3-].[K+]. The van der Waals surface area contributed by atoms with Gasteiger partial charge in [0.15, 0.2) is 0 Å². The molecule has 2 heterocycles. The summed E-state index contributed by atoms with van der Waals surface area (Å²) in [5, 5.41) is 13.6. The Balaban J connectivity index is 0.00000182. The van der Waals surface area contributed by atoms with Crippen LogP contribution in [0.2, 0.25) is 0 Å². The first-order valence-electron chi connectivity index (χ1n) is 7.71. The number of benzene rings is 1. The third kappa shape index (κ3) is 3.55. The number of hydrogen-bond donors (Lipinski definition) is 4. The topological polar surface area (TPSA) is 119 Å². The van der Waals surface area contributed by atoms with E-state index >= 15 is 0 Å². The van der Waals surface area contributed by atoms with E-state index in [4.69, 9.17) is 11.5 Å². The number of carbonyl (C=O) groups is 1. The largest absolute Gasteiger partial charge is 1.00 e. The Labute approximate surface area is 201 Å². The summed E-state index contributed by atoms with van der Waals surface area (Å²) in [6.07, 6.45) is 1.55. The van der Waals surface area contributed by atoms with Crippen molar-refractivity contribution >= 4 is 28.4 Å². The number of nitrogens with zero attached hydrogens (tertiary/aromatic N) is 2. The number of phenols is 1. The molecule has 27 heavy (non-hydrogen) atoms. The van der Waals surface area contributed by atoms with Crippen molar-refractivity contribution in [1.29, 1.82) is 0 Å². The van der Waals surface area contributed by atoms with Crippen LogP contribution in [-0.4, -0.2) is 27.6 Å². The first-order valence-corrected chi connectivity index (χ1v) is 7.71. The van der Waals surface area contributed by atoms with E-state index in [1.165, 1.54) is 0 Å². The summed E-state index contributed by atoms with van der Waals surface area (Å²) in [5.41, 5.74) is 15.5. The Hall–Kier alpha value is -1.71. The van der Waals surface area contributed by atoms with Crippen LogP contribution in [0.3, 0.4) is 0 Å². The molecule has 0 atom stereocenters. The van der Waals surface area contributed by atoms with Crippen LogP contribution < -0.4 is 68.2 Å². The molecule has 6 N–H and O–H groups in total. The number of aromatic nitrogens is 2. The third-order valence-electron chi connectivity index (χ3n) is 4.45. The molecule has 8 heteroatoms. The molecule has 2 aromatic heterocycles. The number of aromatic hydroxyl groups is 1. The van der Waals surface area contributed by atoms with Gasteiger partial charge in [-0.15, -0.1) is 5.56 Å². The minimum absolute atomic E-state index is 0. The molecular formula is C19H23KN5O2-. The second-order valence-electron chi connectivity index (χ2n) is 5.93. The number of nitrogen functional groups attached to an aromatic ring is 1. The fraction of sp³-hybridized carbons (Fsp3) is 0.158. The van der Waals surface area contributed by atoms with Crippen molar-refractivity contribution in [3.8, 4) is 11.4 Å². The Morgan fingerprint density at radius 1 is 1.33 bits per heavy atom. The molecule has 138 valence electrons. The van der Waals surface area contributed by atoms with Gasteiger partial charge in [-0.1, -0.05) is 6.07 Å². The van der Waals surface area contributed by atoms with Crippen molar-refractivity contribution in [3.63, 3.8) is 0 Å². The molecule has 0 aliphatic heterocycles. The average Bonchev–Trinajstić information content (AvgIpc) is 2.85. The molecular weight excluding hydrogens is 369 g/mol. The van der Waals surface area contributed by atoms with Crippen LogP contribution in [-0.2, 0) is 0 Å². The molecule has 0 fully saturated rings. The standard InChI is InChI=1S/C18H20N5O2.CH3.K/c1-8-5-6-12(24)9(2)14(8)23-15-10(3)18(21-4)22-7-11(15)13(16(23)19)17(20)25;;/h5-7,24H,3,19H2,1-2,4H3,(H2,20,25)(H,21,22);1H3;/q2*-1;+1. The maximum absolute atomic E-state index is 12.0. The van der Waals surface area contributed by atoms with Gasteiger partial charge in [0, 0.05) is 23.3 Å². The fourth-order valence-corrected chi connectivity index (χ4v) is 3.23. The molecule has 0 radical (unpaired) electrons. The molecule has 0 aliphatic rings. The van der Waals surface area contributed by atoms with Gasteiger partial charge in [-0.05, 0) is 43.4 Å². The van der Waals surface area contributed by atoms with Crippen molar-refractivity contribution < 1.29 is 61.3 Å². The van der Waals surface area contributed by atoms with Gasteiger partial charge < -0.3 is 38.9 Å². The first-order chi connectivity index (χ1) is 11.8. The molecule has 0 bridgehead atoms. The van der Waals surface area contributed by atoms with Crippen LogP contribution in [0.15, 0.2) is 18.3 Å². The number of nitrogens with two attached hydrogens (primary N) is 2. The Bertz CT molecular complexity index is 1030. The summed E-state index contributed by atoms with van der Waals surface area (Å²) in [4.78, 5) is 16.3. The van der Waals surface area contributed by atoms with Crippen LogP contribution >= 0.6 is 0 Å². The van der Waals surface area contributed by atoms with Crippen molar-refractivity contribution in [2.24, 2.45) is 5.73 Å². The molecule has 1 amide bonds. The number of fused-ring (bicyclic) bond motifs is 1. The molecule has 3 rings (SSSR count). The maximum atomic E-state index is 12.0. The van der Waals surface area contributed by atoms with Crippen molar-refractivity contribution in [2.45, 2.75) is 13.8 Å². The number of anilines is 2. The average molecular weight is 393 g/mol. The van der Waals surface area contributed by atoms with Crippen LogP contribution in [0.25, 0.3) is 16.6 Å². The van der Waals surface area contributed by atoms with Crippen LogP contribution in [0.4, 0.5) is 11.6 Å². The molecule has 7 nitrogen and oxygen atoms in total. The van der Waals surface area contributed by atoms with E-state index in [9.17, 15) is 9.90 Å². The van der Waals surface area contributed by atoms with Gasteiger partial charge >= 0.3 is 51.4 Å². The van der Waals surface area contributed by atoms with E-state index in [-0.39, 0.29) is 75.9 Å². The van der Waals surface area contributed by atoms with E-state index in [2.05, 4.69) is 17.2 Å². The number of aryl methyl sites for hydroxylation is 1. The molecule has 0 saturated heterocycles. The monoisotopic (exact) mass is 392 g/mol. The number of rotatable bonds is 3. The molecule has 0 spiro atoms. The molecule has 0 saturated carbocycles. The predicted molar refractivity (Wildman–Crippen MR) is 106 cm³/mol. The number of hydrogen-bond acceptors (Lipinski definition) is 5. The van der Waals surface area contributed by atoms with Gasteiger partial charge in [0.2, 0.25) is 0 Å². The van der Waals surface area contributed by atoms with Crippen LogP contribution in [0.1, 0.15) is 27.0 Å². The van der Waals surface area contributed by atoms with E-state index in [0.717, 1.165) is 5.56 Å². The van der Waals surface area contributed by atoms with Gasteiger partial charge in [0.05, 0.1) is 5.56 Å². The molecule has 3 aromatic rings. The fourth-order valence-electron chi connectivity index (χ4n) is 3.23. The second kappa shape index (κ2) is 8.53. The van der Waals surface area contributed by atoms with E-state index in [1.54, 1.807) is 36.9 Å². The number of amides is 1. The van der Waals surface area contributed by atoms with Gasteiger partial charge in [-0.3, -0.25) is 4.79 Å². The van der Waals surface area contributed by atoms with E-state index in [0.29, 0.717) is 33.5 Å². The van der Waals surface area contributed by atoms with Crippen LogP contribution in [0.5, 0.6) is 5.75 Å². The minimum Gasteiger partial charge on any atom is -0.508 e. The summed E-state index contributed by atoms with van der Waals surface area (Å²) in [6.45, 7) is 7.78. The quantitative estimate of drug-likeness (QED) is 0.361. The van der Waals surface area contributed by atoms with Gasteiger partial charge in [-0.25, -0.2) is 0 Å². The number of primary amides is 1. The molecule has 0 unspecified atom stereocenters. The summed E-state index contributed by atoms with van der Waals surface area (Å²) < 4.78 is 1.71. The molecule has 1 aromatic carbocycles. The number of carbonyl (C=O) groups excluding carboxylic acids is 1. The van der Waals surface area contributed by atoms with Gasteiger partial charge in [-0.2, -0.15) is 6.92 Å². The first kappa shape index (κ1) is 23.3. The zero-order valence-electron chi connectivity index (χ0n) is 16.3. The summed E-state index contributed by atoms with van der Waals surface area (Å²) in [5.74, 6) is 0.253. The number of nitrogens with one attached hydrogen (secondary N) is 1. The third-order valence-corrected chi connectivity index (χ3v) is 4.45. The van der Waals surface area contributed by atoms with Crippen molar-refractivity contribution in [2.75, 3.05) is 18.1 Å². The van der Waals surface area contributed by atoms with Crippen LogP contribution in [0, 0.1) is 28.2 Å². The normalized spacial score (nSPS) is 10.2. The van der Waals surface area contributed by atoms with Gasteiger partial charge in [0.1, 0.15) is 11.6 Å². The number of phenolic OH excluding ortho intramolecular Hbond substituents is 1.